The van der Waals surface area contributed by atoms with Crippen molar-refractivity contribution in [1.82, 2.24) is 9.88 Å². The number of aliphatic hydroxyl groups is 1. The summed E-state index contributed by atoms with van der Waals surface area (Å²) in [6, 6.07) is 4.90. The van der Waals surface area contributed by atoms with Gasteiger partial charge in [0.05, 0.1) is 12.1 Å². The monoisotopic (exact) mass is 344 g/mol. The van der Waals surface area contributed by atoms with E-state index in [0.717, 1.165) is 9.35 Å². The van der Waals surface area contributed by atoms with Gasteiger partial charge in [-0.05, 0) is 18.2 Å². The Morgan fingerprint density at radius 2 is 2.21 bits per heavy atom. The standard InChI is InChI=1S/C13H14BrFN2OS/c14-11-1-2-13(15)10(5-11)7-17(3-4-18)8-12-6-16-9-19-12/h1-2,5-6,9,18H,3-4,7-8H2. The molecule has 2 aromatic rings. The van der Waals surface area contributed by atoms with Gasteiger partial charge in [0.1, 0.15) is 5.82 Å². The minimum absolute atomic E-state index is 0.0500. The van der Waals surface area contributed by atoms with Gasteiger partial charge in [0, 0.05) is 40.7 Å². The third-order valence-corrected chi connectivity index (χ3v) is 3.94. The first-order valence-electron chi connectivity index (χ1n) is 5.83. The van der Waals surface area contributed by atoms with Gasteiger partial charge in [0.25, 0.3) is 0 Å². The number of halogens is 2. The van der Waals surface area contributed by atoms with Crippen LogP contribution in [0.15, 0.2) is 34.4 Å². The molecule has 1 aromatic heterocycles. The molecule has 6 heteroatoms. The molecule has 102 valence electrons. The van der Waals surface area contributed by atoms with Gasteiger partial charge in [-0.3, -0.25) is 9.88 Å². The van der Waals surface area contributed by atoms with E-state index in [1.807, 2.05) is 4.90 Å². The second-order valence-electron chi connectivity index (χ2n) is 4.14. The third kappa shape index (κ3) is 4.35. The Labute approximate surface area is 123 Å². The van der Waals surface area contributed by atoms with Crippen LogP contribution in [0.2, 0.25) is 0 Å². The molecule has 0 atom stereocenters. The van der Waals surface area contributed by atoms with E-state index in [-0.39, 0.29) is 12.4 Å². The fourth-order valence-corrected chi connectivity index (χ4v) is 2.85. The fraction of sp³-hybridized carbons (Fsp3) is 0.308. The molecule has 0 fully saturated rings. The van der Waals surface area contributed by atoms with Crippen molar-refractivity contribution in [3.63, 3.8) is 0 Å². The van der Waals surface area contributed by atoms with Crippen molar-refractivity contribution < 1.29 is 9.50 Å². The lowest BCUT2D eigenvalue weighted by Gasteiger charge is -2.20. The van der Waals surface area contributed by atoms with Crippen molar-refractivity contribution in [1.29, 1.82) is 0 Å². The molecule has 1 aromatic carbocycles. The maximum atomic E-state index is 13.7. The number of hydrogen-bond donors (Lipinski definition) is 1. The maximum absolute atomic E-state index is 13.7. The normalized spacial score (nSPS) is 11.2. The topological polar surface area (TPSA) is 36.4 Å². The van der Waals surface area contributed by atoms with Crippen LogP contribution in [0.1, 0.15) is 10.4 Å². The van der Waals surface area contributed by atoms with Crippen molar-refractivity contribution in [2.24, 2.45) is 0 Å². The van der Waals surface area contributed by atoms with E-state index < -0.39 is 0 Å². The largest absolute Gasteiger partial charge is 0.395 e. The van der Waals surface area contributed by atoms with Crippen LogP contribution in [0.25, 0.3) is 0 Å². The third-order valence-electron chi connectivity index (χ3n) is 2.68. The molecule has 0 saturated carbocycles. The van der Waals surface area contributed by atoms with E-state index in [4.69, 9.17) is 5.11 Å². The Kier molecular flexibility index (Phi) is 5.45. The zero-order valence-corrected chi connectivity index (χ0v) is 12.6. The van der Waals surface area contributed by atoms with E-state index in [1.165, 1.54) is 6.07 Å². The first-order valence-corrected chi connectivity index (χ1v) is 7.51. The highest BCUT2D eigenvalue weighted by atomic mass is 79.9. The second kappa shape index (κ2) is 7.09. The first-order chi connectivity index (χ1) is 9.19. The van der Waals surface area contributed by atoms with Gasteiger partial charge in [-0.15, -0.1) is 11.3 Å². The average molecular weight is 345 g/mol. The van der Waals surface area contributed by atoms with Crippen molar-refractivity contribution in [2.75, 3.05) is 13.2 Å². The Balaban J connectivity index is 2.09. The highest BCUT2D eigenvalue weighted by molar-refractivity contribution is 9.10. The Morgan fingerprint density at radius 1 is 1.37 bits per heavy atom. The van der Waals surface area contributed by atoms with Crippen LogP contribution in [0.4, 0.5) is 4.39 Å². The molecule has 0 bridgehead atoms. The van der Waals surface area contributed by atoms with Crippen molar-refractivity contribution >= 4 is 27.3 Å². The van der Waals surface area contributed by atoms with Gasteiger partial charge in [0.2, 0.25) is 0 Å². The molecule has 0 unspecified atom stereocenters. The molecule has 0 saturated heterocycles. The molecule has 0 aliphatic carbocycles. The van der Waals surface area contributed by atoms with Crippen LogP contribution in [-0.4, -0.2) is 28.1 Å². The minimum Gasteiger partial charge on any atom is -0.395 e. The summed E-state index contributed by atoms with van der Waals surface area (Å²) in [4.78, 5) is 7.12. The van der Waals surface area contributed by atoms with Crippen LogP contribution < -0.4 is 0 Å². The quantitative estimate of drug-likeness (QED) is 0.874. The molecule has 3 nitrogen and oxygen atoms in total. The van der Waals surface area contributed by atoms with Crippen LogP contribution in [-0.2, 0) is 13.1 Å². The Morgan fingerprint density at radius 3 is 2.89 bits per heavy atom. The number of benzene rings is 1. The molecule has 0 aliphatic heterocycles. The molecule has 0 spiro atoms. The number of hydrogen-bond acceptors (Lipinski definition) is 4. The van der Waals surface area contributed by atoms with Crippen molar-refractivity contribution in [3.8, 4) is 0 Å². The zero-order valence-electron chi connectivity index (χ0n) is 10.2. The summed E-state index contributed by atoms with van der Waals surface area (Å²) in [7, 11) is 0. The summed E-state index contributed by atoms with van der Waals surface area (Å²) >= 11 is 4.90. The molecule has 0 radical (unpaired) electrons. The molecule has 0 aliphatic rings. The molecular formula is C13H14BrFN2OS. The van der Waals surface area contributed by atoms with E-state index in [0.29, 0.717) is 25.2 Å². The molecule has 2 rings (SSSR count). The lowest BCUT2D eigenvalue weighted by atomic mass is 10.2. The SMILES string of the molecule is OCCN(Cc1cncs1)Cc1cc(Br)ccc1F. The summed E-state index contributed by atoms with van der Waals surface area (Å²) in [6.45, 7) is 1.68. The predicted octanol–water partition coefficient (Wildman–Crippen LogP) is 3.04. The van der Waals surface area contributed by atoms with Crippen LogP contribution >= 0.6 is 27.3 Å². The molecule has 1 heterocycles. The summed E-state index contributed by atoms with van der Waals surface area (Å²) in [5.74, 6) is -0.226. The van der Waals surface area contributed by atoms with Crippen molar-refractivity contribution in [3.05, 3.63) is 50.6 Å². The first kappa shape index (κ1) is 14.6. The lowest BCUT2D eigenvalue weighted by molar-refractivity contribution is 0.184. The fourth-order valence-electron chi connectivity index (χ4n) is 1.80. The molecule has 0 amide bonds. The van der Waals surface area contributed by atoms with Crippen LogP contribution in [0, 0.1) is 5.82 Å². The van der Waals surface area contributed by atoms with Gasteiger partial charge in [0.15, 0.2) is 0 Å². The number of rotatable bonds is 6. The summed E-state index contributed by atoms with van der Waals surface area (Å²) in [5.41, 5.74) is 2.39. The predicted molar refractivity (Wildman–Crippen MR) is 77.4 cm³/mol. The highest BCUT2D eigenvalue weighted by Crippen LogP contribution is 2.19. The van der Waals surface area contributed by atoms with E-state index >= 15 is 0 Å². The Bertz CT molecular complexity index is 521. The van der Waals surface area contributed by atoms with Gasteiger partial charge in [-0.2, -0.15) is 0 Å². The number of nitrogens with zero attached hydrogens (tertiary/aromatic N) is 2. The molecular weight excluding hydrogens is 331 g/mol. The average Bonchev–Trinajstić information content (AvgIpc) is 2.87. The number of thiazole rings is 1. The lowest BCUT2D eigenvalue weighted by Crippen LogP contribution is -2.26. The van der Waals surface area contributed by atoms with E-state index in [2.05, 4.69) is 20.9 Å². The van der Waals surface area contributed by atoms with E-state index in [1.54, 1.807) is 35.2 Å². The number of aliphatic hydroxyl groups excluding tert-OH is 1. The second-order valence-corrected chi connectivity index (χ2v) is 6.02. The highest BCUT2D eigenvalue weighted by Gasteiger charge is 2.11. The van der Waals surface area contributed by atoms with Gasteiger partial charge < -0.3 is 5.11 Å². The minimum atomic E-state index is -0.226. The van der Waals surface area contributed by atoms with Crippen molar-refractivity contribution in [2.45, 2.75) is 13.1 Å². The maximum Gasteiger partial charge on any atom is 0.127 e. The van der Waals surface area contributed by atoms with Gasteiger partial charge in [-0.1, -0.05) is 15.9 Å². The summed E-state index contributed by atoms with van der Waals surface area (Å²) in [5, 5.41) is 9.11. The summed E-state index contributed by atoms with van der Waals surface area (Å²) < 4.78 is 14.6. The smallest absolute Gasteiger partial charge is 0.127 e. The molecule has 1 N–H and O–H groups in total. The Hall–Kier alpha value is -0.820. The van der Waals surface area contributed by atoms with E-state index in [9.17, 15) is 4.39 Å². The van der Waals surface area contributed by atoms with Crippen LogP contribution in [0.5, 0.6) is 0 Å². The van der Waals surface area contributed by atoms with Gasteiger partial charge in [-0.25, -0.2) is 4.39 Å². The van der Waals surface area contributed by atoms with Crippen LogP contribution in [0.3, 0.4) is 0 Å². The van der Waals surface area contributed by atoms with Gasteiger partial charge >= 0.3 is 0 Å². The summed E-state index contributed by atoms with van der Waals surface area (Å²) in [6.07, 6.45) is 1.80. The zero-order chi connectivity index (χ0) is 13.7. The molecule has 19 heavy (non-hydrogen) atoms. The number of aromatic nitrogens is 1.